The fraction of sp³-hybridized carbons (Fsp3) is 0.579. The van der Waals surface area contributed by atoms with Gasteiger partial charge in [0.15, 0.2) is 0 Å². The number of nitrogens with two attached hydrogens (primary N) is 1. The van der Waals surface area contributed by atoms with E-state index < -0.39 is 11.6 Å². The Balaban J connectivity index is 2.19. The highest BCUT2D eigenvalue weighted by molar-refractivity contribution is 9.10. The molecule has 0 aromatic heterocycles. The number of anilines is 1. The molecule has 27 heavy (non-hydrogen) atoms. The Hall–Kier alpha value is -1.80. The molecule has 1 heterocycles. The average Bonchev–Trinajstić information content (AvgIpc) is 2.57. The first-order valence-electron chi connectivity index (χ1n) is 9.07. The van der Waals surface area contributed by atoms with Gasteiger partial charge < -0.3 is 25.4 Å². The van der Waals surface area contributed by atoms with E-state index >= 15 is 0 Å². The van der Waals surface area contributed by atoms with Crippen molar-refractivity contribution in [2.24, 2.45) is 0 Å². The second-order valence-corrected chi connectivity index (χ2v) is 8.34. The van der Waals surface area contributed by atoms with Gasteiger partial charge in [-0.15, -0.1) is 0 Å². The average molecular weight is 442 g/mol. The zero-order valence-electron chi connectivity index (χ0n) is 16.3. The van der Waals surface area contributed by atoms with Crippen molar-refractivity contribution in [3.63, 3.8) is 0 Å². The van der Waals surface area contributed by atoms with E-state index in [9.17, 15) is 9.59 Å². The highest BCUT2D eigenvalue weighted by Gasteiger charge is 2.31. The normalized spacial score (nSPS) is 17.5. The van der Waals surface area contributed by atoms with Gasteiger partial charge in [0.25, 0.3) is 0 Å². The van der Waals surface area contributed by atoms with Crippen LogP contribution in [0.25, 0.3) is 0 Å². The number of halogens is 1. The van der Waals surface area contributed by atoms with Gasteiger partial charge in [-0.3, -0.25) is 0 Å². The lowest BCUT2D eigenvalue weighted by Crippen LogP contribution is -2.55. The van der Waals surface area contributed by atoms with Gasteiger partial charge in [0.1, 0.15) is 5.60 Å². The van der Waals surface area contributed by atoms with Crippen LogP contribution in [-0.4, -0.2) is 54.8 Å². The van der Waals surface area contributed by atoms with E-state index in [0.717, 1.165) is 16.6 Å². The lowest BCUT2D eigenvalue weighted by atomic mass is 10.0. The minimum absolute atomic E-state index is 0.0715. The minimum atomic E-state index is -0.543. The van der Waals surface area contributed by atoms with E-state index in [-0.39, 0.29) is 18.7 Å². The summed E-state index contributed by atoms with van der Waals surface area (Å²) in [6.45, 7) is 9.56. The Morgan fingerprint density at radius 3 is 2.70 bits per heavy atom. The molecule has 0 spiro atoms. The van der Waals surface area contributed by atoms with Crippen LogP contribution >= 0.6 is 15.9 Å². The molecule has 8 heteroatoms. The fourth-order valence-corrected chi connectivity index (χ4v) is 3.44. The molecule has 1 aliphatic heterocycles. The third-order valence-corrected chi connectivity index (χ3v) is 4.89. The number of nitrogens with one attached hydrogen (secondary N) is 1. The second-order valence-electron chi connectivity index (χ2n) is 7.49. The highest BCUT2D eigenvalue weighted by atomic mass is 79.9. The Bertz CT molecular complexity index is 703. The Morgan fingerprint density at radius 2 is 2.07 bits per heavy atom. The first-order chi connectivity index (χ1) is 12.6. The summed E-state index contributed by atoms with van der Waals surface area (Å²) in [7, 11) is 0. The third kappa shape index (κ3) is 5.84. The zero-order valence-corrected chi connectivity index (χ0v) is 17.9. The number of esters is 1. The van der Waals surface area contributed by atoms with Crippen LogP contribution in [0.5, 0.6) is 0 Å². The largest absolute Gasteiger partial charge is 0.462 e. The molecule has 1 amide bonds. The van der Waals surface area contributed by atoms with E-state index in [0.29, 0.717) is 30.8 Å². The van der Waals surface area contributed by atoms with Gasteiger partial charge in [-0.25, -0.2) is 9.59 Å². The number of carbonyl (C=O) groups is 2. The van der Waals surface area contributed by atoms with Crippen LogP contribution < -0.4 is 11.1 Å². The van der Waals surface area contributed by atoms with Crippen LogP contribution in [0.4, 0.5) is 10.5 Å². The molecule has 0 aliphatic carbocycles. The number of hydrogen-bond donors (Lipinski definition) is 2. The molecule has 1 aliphatic rings. The predicted octanol–water partition coefficient (Wildman–Crippen LogP) is 2.96. The Kier molecular flexibility index (Phi) is 7.11. The maximum Gasteiger partial charge on any atom is 0.410 e. The molecule has 1 aromatic rings. The van der Waals surface area contributed by atoms with Gasteiger partial charge >= 0.3 is 12.1 Å². The monoisotopic (exact) mass is 441 g/mol. The number of ether oxygens (including phenoxy) is 2. The molecule has 1 fully saturated rings. The van der Waals surface area contributed by atoms with E-state index in [1.807, 2.05) is 20.8 Å². The molecule has 7 nitrogen and oxygen atoms in total. The summed E-state index contributed by atoms with van der Waals surface area (Å²) >= 11 is 3.51. The van der Waals surface area contributed by atoms with Crippen LogP contribution in [0.15, 0.2) is 16.6 Å². The Morgan fingerprint density at radius 1 is 1.37 bits per heavy atom. The van der Waals surface area contributed by atoms with Crippen LogP contribution in [0.3, 0.4) is 0 Å². The molecule has 2 rings (SSSR count). The fourth-order valence-electron chi connectivity index (χ4n) is 2.94. The van der Waals surface area contributed by atoms with Crippen molar-refractivity contribution in [3.05, 3.63) is 27.7 Å². The summed E-state index contributed by atoms with van der Waals surface area (Å²) in [5.41, 5.74) is 7.13. The van der Waals surface area contributed by atoms with Gasteiger partial charge in [0.05, 0.1) is 18.2 Å². The summed E-state index contributed by atoms with van der Waals surface area (Å²) in [5.74, 6) is -0.447. The summed E-state index contributed by atoms with van der Waals surface area (Å²) in [6.07, 6.45) is 0.265. The first-order valence-corrected chi connectivity index (χ1v) is 9.87. The van der Waals surface area contributed by atoms with E-state index in [1.54, 1.807) is 24.0 Å². The van der Waals surface area contributed by atoms with Crippen molar-refractivity contribution >= 4 is 33.7 Å². The summed E-state index contributed by atoms with van der Waals surface area (Å²) in [5, 5.41) is 3.31. The van der Waals surface area contributed by atoms with Crippen LogP contribution in [0, 0.1) is 0 Å². The number of benzene rings is 1. The number of carbonyl (C=O) groups excluding carboxylic acids is 2. The second kappa shape index (κ2) is 8.93. The molecular formula is C19H28BrN3O4. The number of nitrogens with zero attached hydrogens (tertiary/aromatic N) is 1. The maximum atomic E-state index is 12.6. The van der Waals surface area contributed by atoms with Crippen molar-refractivity contribution in [2.45, 2.75) is 45.8 Å². The molecule has 1 saturated heterocycles. The molecule has 0 radical (unpaired) electrons. The predicted molar refractivity (Wildman–Crippen MR) is 108 cm³/mol. The smallest absolute Gasteiger partial charge is 0.410 e. The quantitative estimate of drug-likeness (QED) is 0.550. The van der Waals surface area contributed by atoms with Crippen LogP contribution in [0.1, 0.15) is 43.6 Å². The van der Waals surface area contributed by atoms with E-state index in [1.165, 1.54) is 0 Å². The van der Waals surface area contributed by atoms with Gasteiger partial charge in [0.2, 0.25) is 0 Å². The SMILES string of the molecule is CCOC(=O)c1cc(Br)c(CC2CNCCN2C(=O)OC(C)(C)C)cc1N. The molecule has 1 atom stereocenters. The molecule has 1 aromatic carbocycles. The standard InChI is InChI=1S/C19H28BrN3O4/c1-5-26-17(24)14-10-15(20)12(9-16(14)21)8-13-11-22-6-7-23(13)18(25)27-19(2,3)4/h9-10,13,22H,5-8,11,21H2,1-4H3. The highest BCUT2D eigenvalue weighted by Crippen LogP contribution is 2.27. The third-order valence-electron chi connectivity index (χ3n) is 4.15. The van der Waals surface area contributed by atoms with Gasteiger partial charge in [0, 0.05) is 29.8 Å². The minimum Gasteiger partial charge on any atom is -0.462 e. The molecule has 1 unspecified atom stereocenters. The van der Waals surface area contributed by atoms with Gasteiger partial charge in [-0.2, -0.15) is 0 Å². The number of nitrogen functional groups attached to an aromatic ring is 1. The zero-order chi connectivity index (χ0) is 20.2. The van der Waals surface area contributed by atoms with Crippen molar-refractivity contribution in [1.29, 1.82) is 0 Å². The number of rotatable bonds is 4. The van der Waals surface area contributed by atoms with Crippen molar-refractivity contribution in [3.8, 4) is 0 Å². The summed E-state index contributed by atoms with van der Waals surface area (Å²) < 4.78 is 11.3. The molecule has 3 N–H and O–H groups in total. The lowest BCUT2D eigenvalue weighted by Gasteiger charge is -2.37. The van der Waals surface area contributed by atoms with Crippen molar-refractivity contribution in [2.75, 3.05) is 32.0 Å². The maximum absolute atomic E-state index is 12.6. The Labute approximate surface area is 168 Å². The molecule has 0 saturated carbocycles. The van der Waals surface area contributed by atoms with Crippen LogP contribution in [0.2, 0.25) is 0 Å². The summed E-state index contributed by atoms with van der Waals surface area (Å²) in [6, 6.07) is 3.37. The van der Waals surface area contributed by atoms with Crippen LogP contribution in [-0.2, 0) is 15.9 Å². The van der Waals surface area contributed by atoms with Crippen molar-refractivity contribution in [1.82, 2.24) is 10.2 Å². The van der Waals surface area contributed by atoms with Gasteiger partial charge in [-0.1, -0.05) is 15.9 Å². The number of piperazine rings is 1. The topological polar surface area (TPSA) is 93.9 Å². The summed E-state index contributed by atoms with van der Waals surface area (Å²) in [4.78, 5) is 26.3. The lowest BCUT2D eigenvalue weighted by molar-refractivity contribution is 0.0121. The van der Waals surface area contributed by atoms with Crippen molar-refractivity contribution < 1.29 is 19.1 Å². The van der Waals surface area contributed by atoms with E-state index in [2.05, 4.69) is 21.2 Å². The van der Waals surface area contributed by atoms with Gasteiger partial charge in [-0.05, 0) is 51.8 Å². The van der Waals surface area contributed by atoms with E-state index in [4.69, 9.17) is 15.2 Å². The first kappa shape index (κ1) is 21.5. The molecule has 150 valence electrons. The number of amides is 1. The molecular weight excluding hydrogens is 414 g/mol. The number of hydrogen-bond acceptors (Lipinski definition) is 6. The molecule has 0 bridgehead atoms.